The van der Waals surface area contributed by atoms with Crippen molar-refractivity contribution in [3.05, 3.63) is 47.0 Å². The highest BCUT2D eigenvalue weighted by molar-refractivity contribution is 5.86. The van der Waals surface area contributed by atoms with Crippen LogP contribution in [0.3, 0.4) is 0 Å². The number of aliphatic hydroxyl groups excluding tert-OH is 1. The number of hydrogen-bond donors (Lipinski definition) is 2. The van der Waals surface area contributed by atoms with Gasteiger partial charge in [0.1, 0.15) is 28.4 Å². The van der Waals surface area contributed by atoms with Crippen molar-refractivity contribution >= 4 is 11.6 Å². The quantitative estimate of drug-likeness (QED) is 0.196. The van der Waals surface area contributed by atoms with E-state index in [1.165, 1.54) is 11.1 Å². The Morgan fingerprint density at radius 2 is 0.698 bits per heavy atom. The Morgan fingerprint density at radius 1 is 0.357 bits per heavy atom. The molecule has 11 aliphatic heterocycles. The first-order chi connectivity index (χ1) is 59.6. The average Bonchev–Trinajstić information content (AvgIpc) is 1.49. The Bertz CT molecular complexity index is 4370. The average molecular weight is 1800 g/mol. The van der Waals surface area contributed by atoms with Gasteiger partial charge in [-0.05, 0) is 165 Å². The maximum absolute atomic E-state index is 13.8. The number of fused-ring (bicyclic) bond motifs is 21. The molecule has 0 amide bonds. The molecule has 23 nitrogen and oxygen atoms in total. The fourth-order valence-corrected chi connectivity index (χ4v) is 37.6. The lowest BCUT2D eigenvalue weighted by atomic mass is 9.42. The van der Waals surface area contributed by atoms with Crippen molar-refractivity contribution in [1.82, 2.24) is 0 Å². The molecule has 129 heavy (non-hydrogen) atoms. The van der Waals surface area contributed by atoms with Crippen molar-refractivity contribution in [3.8, 4) is 0 Å². The van der Waals surface area contributed by atoms with Crippen LogP contribution in [-0.4, -0.2) is 215 Å². The molecule has 0 radical (unpaired) electrons. The highest BCUT2D eigenvalue weighted by Gasteiger charge is 2.86. The summed E-state index contributed by atoms with van der Waals surface area (Å²) < 4.78 is 119. The largest absolute Gasteiger partial charge is 0.393 e. The summed E-state index contributed by atoms with van der Waals surface area (Å²) in [5, 5.41) is 24.9. The molecule has 0 aromatic heterocycles. The zero-order valence-electron chi connectivity index (χ0n) is 76.7. The molecule has 28 rings (SSSR count). The first-order valence-corrected chi connectivity index (χ1v) is 50.1. The van der Waals surface area contributed by atoms with Crippen molar-refractivity contribution in [2.75, 3.05) is 106 Å². The smallest absolute Gasteiger partial charge is 0.174 e. The van der Waals surface area contributed by atoms with Gasteiger partial charge in [-0.3, -0.25) is 9.59 Å². The number of ketones is 2. The van der Waals surface area contributed by atoms with E-state index in [-0.39, 0.29) is 143 Å². The molecule has 11 spiro atoms. The molecular weight excluding hydrogens is 1640 g/mol. The van der Waals surface area contributed by atoms with E-state index in [1.807, 2.05) is 0 Å². The number of carbonyl (C=O) groups excluding carboxylic acids is 2. The Hall–Kier alpha value is -2.54. The van der Waals surface area contributed by atoms with Gasteiger partial charge in [-0.1, -0.05) is 142 Å². The fourth-order valence-electron chi connectivity index (χ4n) is 37.6. The second-order valence-corrected chi connectivity index (χ2v) is 48.6. The monoisotopic (exact) mass is 1800 g/mol. The number of ether oxygens (including phenoxy) is 19. The summed E-state index contributed by atoms with van der Waals surface area (Å²) in [7, 11) is 0. The van der Waals surface area contributed by atoms with Crippen LogP contribution >= 0.6 is 0 Å². The molecule has 0 unspecified atom stereocenters. The summed E-state index contributed by atoms with van der Waals surface area (Å²) >= 11 is 0. The van der Waals surface area contributed by atoms with Gasteiger partial charge in [0.15, 0.2) is 46.3 Å². The minimum Gasteiger partial charge on any atom is -0.393 e. The van der Waals surface area contributed by atoms with Crippen LogP contribution in [0.1, 0.15) is 297 Å². The number of rotatable bonds is 1. The molecule has 1 aromatic carbocycles. The van der Waals surface area contributed by atoms with Crippen molar-refractivity contribution in [2.24, 2.45) is 114 Å². The number of carbonyl (C=O) groups is 2. The Morgan fingerprint density at radius 3 is 1.11 bits per heavy atom. The number of aliphatic hydroxyl groups is 2. The second-order valence-electron chi connectivity index (χ2n) is 48.6. The Balaban J connectivity index is 0.000000104. The molecule has 2 N–H and O–H groups in total. The summed E-state index contributed by atoms with van der Waals surface area (Å²) in [6.45, 7) is 36.2. The van der Waals surface area contributed by atoms with Gasteiger partial charge in [-0.2, -0.15) is 0 Å². The number of allylic oxidation sites excluding steroid dienone is 1. The van der Waals surface area contributed by atoms with E-state index in [2.05, 4.69) is 107 Å². The number of epoxide rings is 3. The Kier molecular flexibility index (Phi) is 21.6. The molecule has 11 saturated heterocycles. The first-order valence-electron chi connectivity index (χ1n) is 50.1. The van der Waals surface area contributed by atoms with E-state index < -0.39 is 51.9 Å². The van der Waals surface area contributed by atoms with Crippen molar-refractivity contribution in [1.29, 1.82) is 0 Å². The highest BCUT2D eigenvalue weighted by Crippen LogP contribution is 2.82. The van der Waals surface area contributed by atoms with E-state index in [1.54, 1.807) is 0 Å². The third kappa shape index (κ3) is 12.0. The number of benzene rings is 1. The van der Waals surface area contributed by atoms with Crippen LogP contribution in [0.4, 0.5) is 0 Å². The third-order valence-corrected chi connectivity index (χ3v) is 43.3. The molecule has 26 fully saturated rings. The fraction of sp³-hybridized carbons (Fsp3) is 0.906. The van der Waals surface area contributed by atoms with E-state index in [0.29, 0.717) is 184 Å². The normalized spacial score (nSPS) is 51.1. The lowest BCUT2D eigenvalue weighted by Crippen LogP contribution is -2.65. The van der Waals surface area contributed by atoms with Gasteiger partial charge >= 0.3 is 0 Å². The SMILES string of the molecule is C.C.C.C.CC(C)(C)c1ccc([C@]2(O)C[C@@]3(C)[C@@H](CCC34OCCO4)[C@@H]3CC=C4CC5(CC[C@]4(C)[C@H]32)OCCO5)cc1.C[C@]12CC(=O)[C@H]3[C@@H](C[C@@H]4O[C@@]45CC4(CC[C@]35C)OCCO4)[C@@H]1CCC21OCCO1.C[C@]12CC(=O)[C@H]3[C@@H](C[C@H]4O[C@]45CC4(CC[C@]35C)OCCO4)[C@@H]1CCC21OCCO1.C[C@]12C[C@H](O)[C@H]3[C@@H](C[C@H]4O[C@]45CC4(CC[C@]35C)OCCO4)[C@@H]1CCC21OCCO1. The molecule has 23 heteroatoms. The molecule has 28 atom stereocenters. The molecule has 27 aliphatic rings. The summed E-state index contributed by atoms with van der Waals surface area (Å²) in [5.41, 5.74) is 1.10. The third-order valence-electron chi connectivity index (χ3n) is 43.3. The van der Waals surface area contributed by atoms with E-state index in [4.69, 9.17) is 90.0 Å². The summed E-state index contributed by atoms with van der Waals surface area (Å²) in [6, 6.07) is 8.91. The highest BCUT2D eigenvalue weighted by atomic mass is 16.8. The van der Waals surface area contributed by atoms with Crippen LogP contribution < -0.4 is 0 Å². The standard InChI is InChI=1S/C33H46O5.C23H34O6.2C23H32O6.4CH4/c1-28(2,3)22-6-8-23(9-7-22)32(34)21-30(5)26(12-13-33(30)37-18-19-38-33)25-11-10-24-20-31(35-16-17-36-31)15-14-29(24,4)27(25)32;3*1-19-5-6-21(25-7-8-26-21)13-22(19)17(29-22)11-14-15-3-4-23(27-9-10-28-23)20(15,2)12-16(24)18(14)19;;;;/h6-10,25-27,34H,11-21H2,1-5H3;14-18,24H,3-13H2,1-2H3;2*14-15,17-18H,3-13H2,1-2H3;4*1H4/t25-,26-,27-,29-,30-,32+;14-,15-,16-,17+,18+,19+,20-,22+;14-,15-,17+,18+,19+,20-,22+;14-,15-,17-,18+,19+,20-,22-;;;;/m0000..../s1. The van der Waals surface area contributed by atoms with Crippen LogP contribution in [0.5, 0.6) is 0 Å². The van der Waals surface area contributed by atoms with Crippen molar-refractivity contribution < 1.29 is 110 Å². The van der Waals surface area contributed by atoms with Crippen LogP contribution in [0, 0.1) is 114 Å². The molecule has 0 bridgehead atoms. The molecule has 1 aromatic rings. The maximum atomic E-state index is 13.8. The van der Waals surface area contributed by atoms with Crippen LogP contribution in [-0.2, 0) is 111 Å². The van der Waals surface area contributed by atoms with E-state index in [0.717, 1.165) is 166 Å². The van der Waals surface area contributed by atoms with Crippen LogP contribution in [0.15, 0.2) is 35.9 Å². The topological polar surface area (TPSA) is 260 Å². The van der Waals surface area contributed by atoms with Gasteiger partial charge in [-0.15, -0.1) is 0 Å². The second kappa shape index (κ2) is 30.0. The zero-order chi connectivity index (χ0) is 85.7. The lowest BCUT2D eigenvalue weighted by Gasteiger charge is -2.65. The van der Waals surface area contributed by atoms with Gasteiger partial charge in [0.25, 0.3) is 0 Å². The zero-order valence-corrected chi connectivity index (χ0v) is 76.7. The van der Waals surface area contributed by atoms with Gasteiger partial charge in [-0.25, -0.2) is 0 Å². The number of Topliss-reactive ketones (excluding diaryl/α,β-unsaturated/α-hetero) is 2. The van der Waals surface area contributed by atoms with Gasteiger partial charge < -0.3 is 100 Å². The summed E-state index contributed by atoms with van der Waals surface area (Å²) in [5.74, 6) is 0.912. The summed E-state index contributed by atoms with van der Waals surface area (Å²) in [6.07, 6.45) is 28.3. The van der Waals surface area contributed by atoms with Gasteiger partial charge in [0.2, 0.25) is 0 Å². The summed E-state index contributed by atoms with van der Waals surface area (Å²) in [4.78, 5) is 27.6. The number of hydrogen-bond acceptors (Lipinski definition) is 23. The van der Waals surface area contributed by atoms with Crippen molar-refractivity contribution in [3.63, 3.8) is 0 Å². The molecule has 722 valence electrons. The van der Waals surface area contributed by atoms with E-state index in [9.17, 15) is 19.8 Å². The van der Waals surface area contributed by atoms with Gasteiger partial charge in [0.05, 0.1) is 136 Å². The van der Waals surface area contributed by atoms with Crippen LogP contribution in [0.25, 0.3) is 0 Å². The maximum Gasteiger partial charge on any atom is 0.174 e. The molecule has 11 heterocycles. The Labute approximate surface area is 768 Å². The van der Waals surface area contributed by atoms with E-state index >= 15 is 0 Å². The molecule has 16 aliphatic carbocycles. The molecular formula is C106H160O23. The van der Waals surface area contributed by atoms with Crippen LogP contribution in [0.2, 0.25) is 0 Å². The minimum atomic E-state index is -0.977. The minimum absolute atomic E-state index is 0. The molecule has 15 saturated carbocycles. The first kappa shape index (κ1) is 92.8. The van der Waals surface area contributed by atoms with Crippen molar-refractivity contribution in [2.45, 2.75) is 384 Å². The predicted molar refractivity (Wildman–Crippen MR) is 476 cm³/mol. The lowest BCUT2D eigenvalue weighted by molar-refractivity contribution is -0.281. The predicted octanol–water partition coefficient (Wildman–Crippen LogP) is 17.0. The van der Waals surface area contributed by atoms with Gasteiger partial charge in [0, 0.05) is 146 Å².